The third kappa shape index (κ3) is 5.46. The van der Waals surface area contributed by atoms with Crippen LogP contribution in [0.4, 0.5) is 14.9 Å². The quantitative estimate of drug-likeness (QED) is 0.455. The van der Waals surface area contributed by atoms with Crippen LogP contribution >= 0.6 is 11.3 Å². The predicted octanol–water partition coefficient (Wildman–Crippen LogP) is 3.91. The molecule has 0 spiro atoms. The van der Waals surface area contributed by atoms with E-state index in [1.165, 1.54) is 29.5 Å². The monoisotopic (exact) mass is 438 g/mol. The van der Waals surface area contributed by atoms with Crippen LogP contribution in [0.25, 0.3) is 10.4 Å². The molecule has 0 saturated heterocycles. The van der Waals surface area contributed by atoms with Gasteiger partial charge in [-0.05, 0) is 60.9 Å². The van der Waals surface area contributed by atoms with Crippen molar-refractivity contribution in [2.24, 2.45) is 0 Å². The van der Waals surface area contributed by atoms with Gasteiger partial charge in [-0.15, -0.1) is 11.3 Å². The third-order valence-electron chi connectivity index (χ3n) is 4.54. The number of benzene rings is 2. The van der Waals surface area contributed by atoms with Crippen LogP contribution in [-0.4, -0.2) is 23.9 Å². The Bertz CT molecular complexity index is 1130. The van der Waals surface area contributed by atoms with E-state index in [2.05, 4.69) is 21.5 Å². The fourth-order valence-electron chi connectivity index (χ4n) is 2.79. The molecule has 7 nitrogen and oxygen atoms in total. The molecule has 0 atom stereocenters. The lowest BCUT2D eigenvalue weighted by Crippen LogP contribution is -2.41. The van der Waals surface area contributed by atoms with Crippen LogP contribution in [0.15, 0.2) is 60.7 Å². The zero-order chi connectivity index (χ0) is 21.8. The highest BCUT2D eigenvalue weighted by Gasteiger charge is 2.23. The molecule has 0 bridgehead atoms. The van der Waals surface area contributed by atoms with Crippen LogP contribution in [0.5, 0.6) is 0 Å². The molecule has 4 N–H and O–H groups in total. The number of thiophene rings is 1. The van der Waals surface area contributed by atoms with E-state index < -0.39 is 11.8 Å². The number of hydrogen-bond acceptors (Lipinski definition) is 4. The van der Waals surface area contributed by atoms with E-state index in [1.807, 2.05) is 0 Å². The molecule has 2 aromatic carbocycles. The lowest BCUT2D eigenvalue weighted by Gasteiger charge is -2.09. The van der Waals surface area contributed by atoms with E-state index in [-0.39, 0.29) is 23.5 Å². The van der Waals surface area contributed by atoms with Crippen LogP contribution < -0.4 is 21.5 Å². The van der Waals surface area contributed by atoms with Gasteiger partial charge in [0, 0.05) is 22.2 Å². The molecule has 0 aliphatic heterocycles. The van der Waals surface area contributed by atoms with Crippen molar-refractivity contribution in [3.63, 3.8) is 0 Å². The van der Waals surface area contributed by atoms with Gasteiger partial charge in [0.25, 0.3) is 11.8 Å². The second-order valence-corrected chi connectivity index (χ2v) is 8.12. The second-order valence-electron chi connectivity index (χ2n) is 7.03. The summed E-state index contributed by atoms with van der Waals surface area (Å²) in [4.78, 5) is 37.8. The Kier molecular flexibility index (Phi) is 5.94. The van der Waals surface area contributed by atoms with E-state index in [9.17, 15) is 18.8 Å². The first-order valence-electron chi connectivity index (χ1n) is 9.62. The number of rotatable bonds is 5. The molecule has 1 aromatic heterocycles. The molecule has 4 rings (SSSR count). The van der Waals surface area contributed by atoms with E-state index in [4.69, 9.17) is 0 Å². The molecule has 3 aromatic rings. The van der Waals surface area contributed by atoms with Crippen LogP contribution in [0.1, 0.15) is 32.9 Å². The minimum atomic E-state index is -0.519. The highest BCUT2D eigenvalue weighted by atomic mass is 32.1. The van der Waals surface area contributed by atoms with Crippen LogP contribution in [0.3, 0.4) is 0 Å². The molecule has 158 valence electrons. The summed E-state index contributed by atoms with van der Waals surface area (Å²) in [6.45, 7) is 0. The number of carbonyl (C=O) groups excluding carboxylic acids is 3. The number of halogens is 1. The average Bonchev–Trinajstić information content (AvgIpc) is 3.43. The molecule has 31 heavy (non-hydrogen) atoms. The summed E-state index contributed by atoms with van der Waals surface area (Å²) >= 11 is 1.23. The van der Waals surface area contributed by atoms with E-state index in [1.54, 1.807) is 42.5 Å². The van der Waals surface area contributed by atoms with Crippen molar-refractivity contribution < 1.29 is 18.8 Å². The number of anilines is 1. The molecular formula is C22H19FN4O3S. The van der Waals surface area contributed by atoms with Crippen molar-refractivity contribution in [2.75, 3.05) is 5.32 Å². The Morgan fingerprint density at radius 2 is 1.65 bits per heavy atom. The third-order valence-corrected chi connectivity index (χ3v) is 5.68. The molecule has 0 unspecified atom stereocenters. The minimum absolute atomic E-state index is 0.225. The van der Waals surface area contributed by atoms with Crippen molar-refractivity contribution in [3.8, 4) is 10.4 Å². The van der Waals surface area contributed by atoms with Gasteiger partial charge >= 0.3 is 6.03 Å². The Morgan fingerprint density at radius 3 is 2.39 bits per heavy atom. The number of carbonyl (C=O) groups is 3. The summed E-state index contributed by atoms with van der Waals surface area (Å²) in [5.41, 5.74) is 6.29. The molecule has 4 amide bonds. The molecule has 0 radical (unpaired) electrons. The molecule has 1 saturated carbocycles. The Labute approximate surface area is 181 Å². The van der Waals surface area contributed by atoms with Crippen LogP contribution in [0, 0.1) is 5.82 Å². The summed E-state index contributed by atoms with van der Waals surface area (Å²) in [6, 6.07) is 15.7. The normalized spacial score (nSPS) is 12.7. The molecule has 1 heterocycles. The van der Waals surface area contributed by atoms with Crippen molar-refractivity contribution in [1.82, 2.24) is 16.2 Å². The Balaban J connectivity index is 1.33. The van der Waals surface area contributed by atoms with Gasteiger partial charge in [0.1, 0.15) is 5.82 Å². The maximum atomic E-state index is 13.1. The first kappa shape index (κ1) is 20.5. The molecule has 1 fully saturated rings. The maximum Gasteiger partial charge on any atom is 0.319 e. The molecule has 9 heteroatoms. The smallest absolute Gasteiger partial charge is 0.319 e. The summed E-state index contributed by atoms with van der Waals surface area (Å²) in [6.07, 6.45) is 1.95. The van der Waals surface area contributed by atoms with E-state index in [0.29, 0.717) is 10.6 Å². The lowest BCUT2D eigenvalue weighted by molar-refractivity contribution is 0.0849. The van der Waals surface area contributed by atoms with E-state index >= 15 is 0 Å². The van der Waals surface area contributed by atoms with Gasteiger partial charge in [-0.3, -0.25) is 20.4 Å². The Morgan fingerprint density at radius 1 is 0.903 bits per heavy atom. The minimum Gasteiger partial charge on any atom is -0.335 e. The van der Waals surface area contributed by atoms with Gasteiger partial charge in [0.15, 0.2) is 0 Å². The van der Waals surface area contributed by atoms with Crippen LogP contribution in [-0.2, 0) is 0 Å². The number of hydrogen-bond donors (Lipinski definition) is 4. The molecule has 1 aliphatic rings. The maximum absolute atomic E-state index is 13.1. The van der Waals surface area contributed by atoms with E-state index in [0.717, 1.165) is 23.3 Å². The highest BCUT2D eigenvalue weighted by Crippen LogP contribution is 2.28. The predicted molar refractivity (Wildman–Crippen MR) is 116 cm³/mol. The zero-order valence-corrected chi connectivity index (χ0v) is 17.1. The lowest BCUT2D eigenvalue weighted by atomic mass is 10.2. The van der Waals surface area contributed by atoms with Gasteiger partial charge in [-0.25, -0.2) is 9.18 Å². The van der Waals surface area contributed by atoms with Crippen molar-refractivity contribution in [1.29, 1.82) is 0 Å². The summed E-state index contributed by atoms with van der Waals surface area (Å²) in [5, 5.41) is 5.48. The van der Waals surface area contributed by atoms with Crippen molar-refractivity contribution >= 4 is 34.9 Å². The second kappa shape index (κ2) is 8.97. The standard InChI is InChI=1S/C22H19FN4O3S/c23-15-6-4-13(5-7-15)18-10-11-19(31-18)21(29)27-26-20(28)14-2-1-3-17(12-14)25-22(30)24-16-8-9-16/h1-7,10-12,16H,8-9H2,(H,26,28)(H,27,29)(H2,24,25,30). The van der Waals surface area contributed by atoms with Gasteiger partial charge in [-0.2, -0.15) is 0 Å². The van der Waals surface area contributed by atoms with Gasteiger partial charge in [0.2, 0.25) is 0 Å². The summed E-state index contributed by atoms with van der Waals surface area (Å²) < 4.78 is 13.1. The first-order chi connectivity index (χ1) is 15.0. The summed E-state index contributed by atoms with van der Waals surface area (Å²) in [7, 11) is 0. The summed E-state index contributed by atoms with van der Waals surface area (Å²) in [5.74, 6) is -1.32. The largest absolute Gasteiger partial charge is 0.335 e. The molecule has 1 aliphatic carbocycles. The fourth-order valence-corrected chi connectivity index (χ4v) is 3.70. The van der Waals surface area contributed by atoms with Crippen molar-refractivity contribution in [2.45, 2.75) is 18.9 Å². The number of nitrogens with one attached hydrogen (secondary N) is 4. The SMILES string of the molecule is O=C(Nc1cccc(C(=O)NNC(=O)c2ccc(-c3ccc(F)cc3)s2)c1)NC1CC1. The topological polar surface area (TPSA) is 99.3 Å². The van der Waals surface area contributed by atoms with Gasteiger partial charge in [-0.1, -0.05) is 18.2 Å². The fraction of sp³-hybridized carbons (Fsp3) is 0.136. The zero-order valence-electron chi connectivity index (χ0n) is 16.3. The van der Waals surface area contributed by atoms with Gasteiger partial charge in [0.05, 0.1) is 4.88 Å². The first-order valence-corrected chi connectivity index (χ1v) is 10.4. The van der Waals surface area contributed by atoms with Gasteiger partial charge < -0.3 is 10.6 Å². The molecular weight excluding hydrogens is 419 g/mol. The van der Waals surface area contributed by atoms with Crippen LogP contribution in [0.2, 0.25) is 0 Å². The number of hydrazine groups is 1. The number of amides is 4. The van der Waals surface area contributed by atoms with Crippen molar-refractivity contribution in [3.05, 3.63) is 76.9 Å². The highest BCUT2D eigenvalue weighted by molar-refractivity contribution is 7.17. The number of urea groups is 1. The average molecular weight is 438 g/mol. The Hall–Kier alpha value is -3.72.